The molecule has 0 saturated heterocycles. The summed E-state index contributed by atoms with van der Waals surface area (Å²) in [4.78, 5) is 12.8. The molecule has 0 spiro atoms. The Balaban J connectivity index is 2.86. The van der Waals surface area contributed by atoms with Gasteiger partial charge in [-0.25, -0.2) is 4.79 Å². The SMILES string of the molecule is COCCOCCOCN=C=O. The maximum Gasteiger partial charge on any atom is 0.237 e. The van der Waals surface area contributed by atoms with Crippen LogP contribution in [0.1, 0.15) is 0 Å². The van der Waals surface area contributed by atoms with Crippen molar-refractivity contribution < 1.29 is 19.0 Å². The lowest BCUT2D eigenvalue weighted by Gasteiger charge is -2.02. The second-order valence-corrected chi connectivity index (χ2v) is 1.89. The first-order valence-electron chi connectivity index (χ1n) is 3.60. The number of rotatable bonds is 8. The van der Waals surface area contributed by atoms with Crippen LogP contribution in [0.25, 0.3) is 0 Å². The molecule has 5 heteroatoms. The number of methoxy groups -OCH3 is 1. The molecule has 0 radical (unpaired) electrons. The van der Waals surface area contributed by atoms with Crippen LogP contribution in [0.3, 0.4) is 0 Å². The molecule has 0 heterocycles. The van der Waals surface area contributed by atoms with Gasteiger partial charge in [0, 0.05) is 7.11 Å². The highest BCUT2D eigenvalue weighted by molar-refractivity contribution is 5.32. The number of ether oxygens (including phenoxy) is 3. The first-order valence-corrected chi connectivity index (χ1v) is 3.60. The predicted octanol–water partition coefficient (Wildman–Crippen LogP) is -0.0407. The molecule has 0 aliphatic heterocycles. The quantitative estimate of drug-likeness (QED) is 0.295. The van der Waals surface area contributed by atoms with E-state index in [0.717, 1.165) is 0 Å². The molecule has 5 nitrogen and oxygen atoms in total. The maximum absolute atomic E-state index is 9.56. The van der Waals surface area contributed by atoms with E-state index in [1.54, 1.807) is 7.11 Å². The Morgan fingerprint density at radius 2 is 1.83 bits per heavy atom. The van der Waals surface area contributed by atoms with E-state index in [9.17, 15) is 4.79 Å². The monoisotopic (exact) mass is 175 g/mol. The molecule has 0 amide bonds. The Morgan fingerprint density at radius 3 is 2.50 bits per heavy atom. The summed E-state index contributed by atoms with van der Waals surface area (Å²) in [5, 5.41) is 0. The molecule has 0 aromatic rings. The second-order valence-electron chi connectivity index (χ2n) is 1.89. The van der Waals surface area contributed by atoms with Crippen molar-refractivity contribution in [3.05, 3.63) is 0 Å². The third-order valence-corrected chi connectivity index (χ3v) is 1.02. The van der Waals surface area contributed by atoms with Gasteiger partial charge in [-0.1, -0.05) is 0 Å². The third kappa shape index (κ3) is 9.26. The van der Waals surface area contributed by atoms with Crippen molar-refractivity contribution >= 4 is 6.08 Å². The van der Waals surface area contributed by atoms with Gasteiger partial charge < -0.3 is 14.2 Å². The fourth-order valence-electron chi connectivity index (χ4n) is 0.499. The minimum absolute atomic E-state index is 0.0527. The largest absolute Gasteiger partial charge is 0.382 e. The molecule has 0 saturated carbocycles. The van der Waals surface area contributed by atoms with Crippen LogP contribution in [0.15, 0.2) is 4.99 Å². The average Bonchev–Trinajstić information content (AvgIpc) is 2.10. The summed E-state index contributed by atoms with van der Waals surface area (Å²) in [7, 11) is 1.61. The van der Waals surface area contributed by atoms with Crippen molar-refractivity contribution in [1.82, 2.24) is 0 Å². The fourth-order valence-corrected chi connectivity index (χ4v) is 0.499. The summed E-state index contributed by atoms with van der Waals surface area (Å²) in [6.45, 7) is 2.09. The van der Waals surface area contributed by atoms with Crippen molar-refractivity contribution in [2.45, 2.75) is 0 Å². The van der Waals surface area contributed by atoms with Gasteiger partial charge in [-0.15, -0.1) is 0 Å². The van der Waals surface area contributed by atoms with Crippen molar-refractivity contribution in [1.29, 1.82) is 0 Å². The van der Waals surface area contributed by atoms with Gasteiger partial charge in [0.15, 0.2) is 0 Å². The highest BCUT2D eigenvalue weighted by atomic mass is 16.5. The van der Waals surface area contributed by atoms with E-state index in [1.165, 1.54) is 6.08 Å². The fraction of sp³-hybridized carbons (Fsp3) is 0.857. The van der Waals surface area contributed by atoms with Gasteiger partial charge >= 0.3 is 0 Å². The summed E-state index contributed by atoms with van der Waals surface area (Å²) in [6, 6.07) is 0. The Kier molecular flexibility index (Phi) is 9.63. The van der Waals surface area contributed by atoms with Crippen LogP contribution < -0.4 is 0 Å². The topological polar surface area (TPSA) is 57.1 Å². The number of hydrogen-bond acceptors (Lipinski definition) is 5. The molecule has 70 valence electrons. The highest BCUT2D eigenvalue weighted by Gasteiger charge is 1.87. The zero-order valence-corrected chi connectivity index (χ0v) is 7.12. The summed E-state index contributed by atoms with van der Waals surface area (Å²) in [6.07, 6.45) is 1.37. The summed E-state index contributed by atoms with van der Waals surface area (Å²) in [5.41, 5.74) is 0. The lowest BCUT2D eigenvalue weighted by molar-refractivity contribution is 0.0267. The van der Waals surface area contributed by atoms with E-state index in [1.807, 2.05) is 0 Å². The zero-order chi connectivity index (χ0) is 9.07. The molecule has 0 aromatic carbocycles. The van der Waals surface area contributed by atoms with Crippen LogP contribution in [0.2, 0.25) is 0 Å². The Labute approximate surface area is 71.3 Å². The van der Waals surface area contributed by atoms with Gasteiger partial charge in [-0.3, -0.25) is 0 Å². The zero-order valence-electron chi connectivity index (χ0n) is 7.12. The van der Waals surface area contributed by atoms with Crippen LogP contribution in [-0.4, -0.2) is 46.3 Å². The summed E-state index contributed by atoms with van der Waals surface area (Å²) >= 11 is 0. The van der Waals surface area contributed by atoms with Crippen molar-refractivity contribution in [3.63, 3.8) is 0 Å². The van der Waals surface area contributed by atoms with E-state index in [2.05, 4.69) is 4.99 Å². The molecule has 0 fully saturated rings. The van der Waals surface area contributed by atoms with Gasteiger partial charge in [0.1, 0.15) is 6.73 Å². The molecule has 0 unspecified atom stereocenters. The summed E-state index contributed by atoms with van der Waals surface area (Å²) in [5.74, 6) is 0. The molecule has 0 aliphatic carbocycles. The standard InChI is InChI=1S/C7H13NO4/c1-10-2-3-11-4-5-12-7-8-6-9/h2-5,7H2,1H3. The number of hydrogen-bond donors (Lipinski definition) is 0. The van der Waals surface area contributed by atoms with Gasteiger partial charge in [0.2, 0.25) is 6.08 Å². The molecule has 0 N–H and O–H groups in total. The van der Waals surface area contributed by atoms with Crippen molar-refractivity contribution in [3.8, 4) is 0 Å². The normalized spacial score (nSPS) is 9.42. The second kappa shape index (κ2) is 10.3. The van der Waals surface area contributed by atoms with E-state index in [-0.39, 0.29) is 6.73 Å². The molecular weight excluding hydrogens is 162 g/mol. The predicted molar refractivity (Wildman–Crippen MR) is 41.6 cm³/mol. The minimum Gasteiger partial charge on any atom is -0.382 e. The average molecular weight is 175 g/mol. The Bertz CT molecular complexity index is 133. The number of aliphatic imine (C=N–C) groups is 1. The van der Waals surface area contributed by atoms with E-state index in [4.69, 9.17) is 14.2 Å². The molecule has 0 aromatic heterocycles. The van der Waals surface area contributed by atoms with E-state index < -0.39 is 0 Å². The molecule has 0 rings (SSSR count). The van der Waals surface area contributed by atoms with Gasteiger partial charge in [-0.05, 0) is 0 Å². The molecule has 0 bridgehead atoms. The van der Waals surface area contributed by atoms with E-state index >= 15 is 0 Å². The highest BCUT2D eigenvalue weighted by Crippen LogP contribution is 1.79. The number of nitrogens with zero attached hydrogens (tertiary/aromatic N) is 1. The Morgan fingerprint density at radius 1 is 1.17 bits per heavy atom. The minimum atomic E-state index is 0.0527. The first-order chi connectivity index (χ1) is 5.91. The Hall–Kier alpha value is -0.740. The molecule has 0 aliphatic rings. The first kappa shape index (κ1) is 11.3. The lowest BCUT2D eigenvalue weighted by Crippen LogP contribution is -2.08. The van der Waals surface area contributed by atoms with Crippen LogP contribution >= 0.6 is 0 Å². The molecule has 12 heavy (non-hydrogen) atoms. The molecular formula is C7H13NO4. The molecule has 0 atom stereocenters. The summed E-state index contributed by atoms with van der Waals surface area (Å²) < 4.78 is 14.7. The van der Waals surface area contributed by atoms with Crippen molar-refractivity contribution in [2.24, 2.45) is 4.99 Å². The van der Waals surface area contributed by atoms with Gasteiger partial charge in [-0.2, -0.15) is 4.99 Å². The lowest BCUT2D eigenvalue weighted by atomic mass is 10.7. The van der Waals surface area contributed by atoms with E-state index in [0.29, 0.717) is 26.4 Å². The van der Waals surface area contributed by atoms with Crippen molar-refractivity contribution in [2.75, 3.05) is 40.3 Å². The number of carbonyl (C=O) groups excluding carboxylic acids is 1. The number of isocyanates is 1. The van der Waals surface area contributed by atoms with Gasteiger partial charge in [0.05, 0.1) is 26.4 Å². The smallest absolute Gasteiger partial charge is 0.237 e. The maximum atomic E-state index is 9.56. The van der Waals surface area contributed by atoms with Crippen LogP contribution in [0.5, 0.6) is 0 Å². The van der Waals surface area contributed by atoms with Crippen LogP contribution in [-0.2, 0) is 19.0 Å². The van der Waals surface area contributed by atoms with Crippen LogP contribution in [0, 0.1) is 0 Å². The van der Waals surface area contributed by atoms with Crippen LogP contribution in [0.4, 0.5) is 0 Å². The van der Waals surface area contributed by atoms with Gasteiger partial charge in [0.25, 0.3) is 0 Å². The third-order valence-electron chi connectivity index (χ3n) is 1.02.